The van der Waals surface area contributed by atoms with Gasteiger partial charge in [-0.2, -0.15) is 4.98 Å². The molecule has 3 saturated heterocycles. The first kappa shape index (κ1) is 21.6. The number of nitrogens with one attached hydrogen (secondary N) is 1. The Kier molecular flexibility index (Phi) is 7.16. The molecule has 0 radical (unpaired) electrons. The van der Waals surface area contributed by atoms with Crippen LogP contribution in [0.1, 0.15) is 31.2 Å². The van der Waals surface area contributed by atoms with Crippen molar-refractivity contribution >= 4 is 11.8 Å². The summed E-state index contributed by atoms with van der Waals surface area (Å²) in [5, 5.41) is 3.68. The van der Waals surface area contributed by atoms with Crippen LogP contribution in [0.4, 0.5) is 11.8 Å². The highest BCUT2D eigenvalue weighted by atomic mass is 16.5. The number of hydrogen-bond donors (Lipinski definition) is 1. The fourth-order valence-corrected chi connectivity index (χ4v) is 5.24. The molecular formula is C25H36N6O. The van der Waals surface area contributed by atoms with Gasteiger partial charge in [-0.25, -0.2) is 4.98 Å². The fourth-order valence-electron chi connectivity index (χ4n) is 5.24. The molecule has 0 unspecified atom stereocenters. The predicted molar refractivity (Wildman–Crippen MR) is 128 cm³/mol. The van der Waals surface area contributed by atoms with Crippen LogP contribution in [0.3, 0.4) is 0 Å². The number of morpholine rings is 1. The Balaban J connectivity index is 1.09. The predicted octanol–water partition coefficient (Wildman–Crippen LogP) is 2.85. The van der Waals surface area contributed by atoms with Crippen molar-refractivity contribution in [2.75, 3.05) is 62.7 Å². The van der Waals surface area contributed by atoms with E-state index in [0.29, 0.717) is 12.1 Å². The number of anilines is 2. The van der Waals surface area contributed by atoms with Gasteiger partial charge in [0.2, 0.25) is 5.95 Å². The van der Waals surface area contributed by atoms with Gasteiger partial charge in [-0.3, -0.25) is 9.80 Å². The summed E-state index contributed by atoms with van der Waals surface area (Å²) in [5.41, 5.74) is 1.40. The molecule has 32 heavy (non-hydrogen) atoms. The smallest absolute Gasteiger partial charge is 0.227 e. The highest BCUT2D eigenvalue weighted by Crippen LogP contribution is 2.23. The number of aromatic nitrogens is 2. The summed E-state index contributed by atoms with van der Waals surface area (Å²) in [6.07, 6.45) is 6.57. The Bertz CT molecular complexity index is 827. The normalized spacial score (nSPS) is 22.2. The van der Waals surface area contributed by atoms with Gasteiger partial charge in [0, 0.05) is 64.1 Å². The van der Waals surface area contributed by atoms with E-state index >= 15 is 0 Å². The molecule has 5 rings (SSSR count). The summed E-state index contributed by atoms with van der Waals surface area (Å²) in [7, 11) is 0. The van der Waals surface area contributed by atoms with E-state index in [2.05, 4.69) is 55.3 Å². The summed E-state index contributed by atoms with van der Waals surface area (Å²) in [4.78, 5) is 17.0. The average molecular weight is 437 g/mol. The molecule has 1 N–H and O–H groups in total. The van der Waals surface area contributed by atoms with Gasteiger partial charge >= 0.3 is 0 Å². The lowest BCUT2D eigenvalue weighted by molar-refractivity contribution is 0.0114. The van der Waals surface area contributed by atoms with E-state index in [9.17, 15) is 0 Å². The van der Waals surface area contributed by atoms with Crippen molar-refractivity contribution < 1.29 is 4.74 Å². The molecule has 1 aromatic carbocycles. The minimum absolute atomic E-state index is 0.483. The second-order valence-electron chi connectivity index (χ2n) is 9.29. The molecule has 7 heteroatoms. The van der Waals surface area contributed by atoms with Gasteiger partial charge < -0.3 is 15.0 Å². The maximum Gasteiger partial charge on any atom is 0.227 e. The number of nitrogens with zero attached hydrogens (tertiary/aromatic N) is 5. The van der Waals surface area contributed by atoms with Crippen molar-refractivity contribution in [1.82, 2.24) is 19.8 Å². The van der Waals surface area contributed by atoms with Crippen LogP contribution < -0.4 is 10.2 Å². The first-order valence-electron chi connectivity index (χ1n) is 12.3. The van der Waals surface area contributed by atoms with Gasteiger partial charge in [-0.05, 0) is 37.3 Å². The molecule has 7 nitrogen and oxygen atoms in total. The van der Waals surface area contributed by atoms with Crippen molar-refractivity contribution in [3.05, 3.63) is 48.2 Å². The van der Waals surface area contributed by atoms with E-state index in [1.165, 1.54) is 18.4 Å². The lowest BCUT2D eigenvalue weighted by Gasteiger charge is -2.40. The molecule has 4 heterocycles. The minimum Gasteiger partial charge on any atom is -0.379 e. The third-order valence-corrected chi connectivity index (χ3v) is 7.14. The Labute approximate surface area is 191 Å². The van der Waals surface area contributed by atoms with Crippen molar-refractivity contribution in [2.24, 2.45) is 0 Å². The number of likely N-dealkylation sites (tertiary alicyclic amines) is 1. The van der Waals surface area contributed by atoms with Crippen LogP contribution in [0, 0.1) is 0 Å². The van der Waals surface area contributed by atoms with Gasteiger partial charge in [-0.1, -0.05) is 30.3 Å². The Morgan fingerprint density at radius 2 is 1.62 bits per heavy atom. The van der Waals surface area contributed by atoms with Crippen LogP contribution >= 0.6 is 0 Å². The number of piperidine rings is 2. The number of ether oxygens (including phenoxy) is 1. The standard InChI is InChI=1S/C25H36N6O/c1-2-4-21(5-3-1)20-29-12-7-22(8-13-29)27-24-6-11-26-25(28-24)31-14-9-23(10-15-31)30-16-18-32-19-17-30/h1-6,11,22-23H,7-10,12-20H2,(H,26,27,28). The summed E-state index contributed by atoms with van der Waals surface area (Å²) in [5.74, 6) is 1.84. The van der Waals surface area contributed by atoms with Gasteiger partial charge in [-0.15, -0.1) is 0 Å². The Morgan fingerprint density at radius 3 is 2.38 bits per heavy atom. The Hall–Kier alpha value is -2.22. The molecule has 0 bridgehead atoms. The van der Waals surface area contributed by atoms with Crippen LogP contribution in [0.25, 0.3) is 0 Å². The molecule has 0 spiro atoms. The SMILES string of the molecule is c1ccc(CN2CCC(Nc3ccnc(N4CCC(N5CCOCC5)CC4)n3)CC2)cc1. The minimum atomic E-state index is 0.483. The lowest BCUT2D eigenvalue weighted by Crippen LogP contribution is -2.49. The summed E-state index contributed by atoms with van der Waals surface area (Å²) < 4.78 is 5.51. The Morgan fingerprint density at radius 1 is 0.875 bits per heavy atom. The topological polar surface area (TPSA) is 56.8 Å². The second kappa shape index (κ2) is 10.6. The monoisotopic (exact) mass is 436 g/mol. The molecule has 172 valence electrons. The maximum atomic E-state index is 5.51. The number of hydrogen-bond acceptors (Lipinski definition) is 7. The first-order chi connectivity index (χ1) is 15.8. The molecular weight excluding hydrogens is 400 g/mol. The van der Waals surface area contributed by atoms with E-state index in [-0.39, 0.29) is 0 Å². The van der Waals surface area contributed by atoms with Gasteiger partial charge in [0.15, 0.2) is 0 Å². The quantitative estimate of drug-likeness (QED) is 0.747. The van der Waals surface area contributed by atoms with Crippen LogP contribution in [0.15, 0.2) is 42.6 Å². The molecule has 1 aromatic heterocycles. The molecule has 0 amide bonds. The molecule has 0 saturated carbocycles. The maximum absolute atomic E-state index is 5.51. The van der Waals surface area contributed by atoms with Gasteiger partial charge in [0.1, 0.15) is 5.82 Å². The van der Waals surface area contributed by atoms with Gasteiger partial charge in [0.05, 0.1) is 13.2 Å². The van der Waals surface area contributed by atoms with Crippen LogP contribution in [0.2, 0.25) is 0 Å². The van der Waals surface area contributed by atoms with Gasteiger partial charge in [0.25, 0.3) is 0 Å². The van der Waals surface area contributed by atoms with E-state index in [1.807, 2.05) is 12.3 Å². The summed E-state index contributed by atoms with van der Waals surface area (Å²) >= 11 is 0. The molecule has 0 aliphatic carbocycles. The zero-order valence-electron chi connectivity index (χ0n) is 19.0. The highest BCUT2D eigenvalue weighted by molar-refractivity contribution is 5.42. The summed E-state index contributed by atoms with van der Waals surface area (Å²) in [6, 6.07) is 14.0. The fraction of sp³-hybridized carbons (Fsp3) is 0.600. The lowest BCUT2D eigenvalue weighted by atomic mass is 10.0. The van der Waals surface area contributed by atoms with Crippen LogP contribution in [-0.4, -0.2) is 84.3 Å². The van der Waals surface area contributed by atoms with E-state index < -0.39 is 0 Å². The number of rotatable bonds is 6. The van der Waals surface area contributed by atoms with Crippen LogP contribution in [0.5, 0.6) is 0 Å². The zero-order valence-corrected chi connectivity index (χ0v) is 19.0. The highest BCUT2D eigenvalue weighted by Gasteiger charge is 2.27. The van der Waals surface area contributed by atoms with Crippen molar-refractivity contribution in [1.29, 1.82) is 0 Å². The summed E-state index contributed by atoms with van der Waals surface area (Å²) in [6.45, 7) is 9.26. The van der Waals surface area contributed by atoms with Crippen molar-refractivity contribution in [2.45, 2.75) is 44.3 Å². The first-order valence-corrected chi connectivity index (χ1v) is 12.3. The number of benzene rings is 1. The van der Waals surface area contributed by atoms with Crippen molar-refractivity contribution in [3.8, 4) is 0 Å². The van der Waals surface area contributed by atoms with Crippen LogP contribution in [-0.2, 0) is 11.3 Å². The second-order valence-corrected chi connectivity index (χ2v) is 9.29. The molecule has 3 aliphatic rings. The molecule has 0 atom stereocenters. The van der Waals surface area contributed by atoms with E-state index in [1.54, 1.807) is 0 Å². The van der Waals surface area contributed by atoms with Crippen molar-refractivity contribution in [3.63, 3.8) is 0 Å². The largest absolute Gasteiger partial charge is 0.379 e. The van der Waals surface area contributed by atoms with E-state index in [4.69, 9.17) is 9.72 Å². The molecule has 3 fully saturated rings. The average Bonchev–Trinajstić information content (AvgIpc) is 2.87. The van der Waals surface area contributed by atoms with E-state index in [0.717, 1.165) is 83.6 Å². The third-order valence-electron chi connectivity index (χ3n) is 7.14. The zero-order chi connectivity index (χ0) is 21.6. The third kappa shape index (κ3) is 5.57. The molecule has 2 aromatic rings. The molecule has 3 aliphatic heterocycles.